The van der Waals surface area contributed by atoms with Gasteiger partial charge in [-0.1, -0.05) is 18.2 Å². The predicted octanol–water partition coefficient (Wildman–Crippen LogP) is 3.94. The van der Waals surface area contributed by atoms with Crippen molar-refractivity contribution in [2.75, 3.05) is 26.7 Å². The summed E-state index contributed by atoms with van der Waals surface area (Å²) in [4.78, 5) is 55.7. The van der Waals surface area contributed by atoms with Gasteiger partial charge in [0.15, 0.2) is 0 Å². The first-order valence-corrected chi connectivity index (χ1v) is 14.9. The highest BCUT2D eigenvalue weighted by Gasteiger charge is 2.39. The lowest BCUT2D eigenvalue weighted by Crippen LogP contribution is -2.47. The molecule has 3 N–H and O–H groups in total. The maximum atomic E-state index is 14.1. The second-order valence-electron chi connectivity index (χ2n) is 11.7. The Morgan fingerprint density at radius 3 is 2.49 bits per heavy atom. The average Bonchev–Trinajstić information content (AvgIpc) is 3.18. The number of nitrogens with one attached hydrogen (secondary N) is 1. The normalized spacial score (nSPS) is 19.2. The van der Waals surface area contributed by atoms with Crippen molar-refractivity contribution in [1.82, 2.24) is 19.7 Å². The van der Waals surface area contributed by atoms with Crippen molar-refractivity contribution in [3.05, 3.63) is 40.0 Å². The van der Waals surface area contributed by atoms with Crippen LogP contribution in [0.2, 0.25) is 0 Å². The number of primary amides is 1. The molecular weight excluding hydrogens is 590 g/mol. The molecular formula is C30H40BrN5O5. The minimum absolute atomic E-state index is 0.0280. The number of carbonyl (C=O) groups is 4. The van der Waals surface area contributed by atoms with E-state index in [9.17, 15) is 19.2 Å². The highest BCUT2D eigenvalue weighted by molar-refractivity contribution is 9.10. The van der Waals surface area contributed by atoms with E-state index in [2.05, 4.69) is 32.2 Å². The van der Waals surface area contributed by atoms with Crippen LogP contribution in [0.5, 0.6) is 0 Å². The SMILES string of the molecule is CCN(CC)C(=O)[C@@H]1C=C2c3cccc4c3c(c(Br)n4C(=O)[C@H](CCC(N)=O)NC(=O)OC(C)(C)C)C[C@H]2N(C)C1. The van der Waals surface area contributed by atoms with Crippen molar-refractivity contribution in [2.45, 2.75) is 71.6 Å². The number of hydrogen-bond donors (Lipinski definition) is 2. The summed E-state index contributed by atoms with van der Waals surface area (Å²) in [6, 6.07) is 4.81. The second-order valence-corrected chi connectivity index (χ2v) is 12.5. The summed E-state index contributed by atoms with van der Waals surface area (Å²) in [5.74, 6) is -1.12. The largest absolute Gasteiger partial charge is 0.444 e. The topological polar surface area (TPSA) is 127 Å². The third-order valence-electron chi connectivity index (χ3n) is 7.78. The fraction of sp³-hybridized carbons (Fsp3) is 0.533. The molecule has 2 aromatic rings. The van der Waals surface area contributed by atoms with Crippen LogP contribution in [0.3, 0.4) is 0 Å². The molecule has 3 atom stereocenters. The molecule has 0 bridgehead atoms. The highest BCUT2D eigenvalue weighted by atomic mass is 79.9. The molecule has 2 heterocycles. The molecule has 0 saturated heterocycles. The molecule has 1 aromatic heterocycles. The van der Waals surface area contributed by atoms with Gasteiger partial charge in [-0.15, -0.1) is 0 Å². The van der Waals surface area contributed by atoms with Crippen LogP contribution in [0.25, 0.3) is 16.5 Å². The van der Waals surface area contributed by atoms with E-state index in [0.29, 0.717) is 36.2 Å². The van der Waals surface area contributed by atoms with E-state index in [-0.39, 0.29) is 30.7 Å². The zero-order valence-corrected chi connectivity index (χ0v) is 26.2. The van der Waals surface area contributed by atoms with E-state index in [0.717, 1.165) is 22.1 Å². The number of amides is 3. The molecule has 0 radical (unpaired) electrons. The molecule has 0 saturated carbocycles. The predicted molar refractivity (Wildman–Crippen MR) is 161 cm³/mol. The molecule has 1 aromatic carbocycles. The summed E-state index contributed by atoms with van der Waals surface area (Å²) in [5, 5.41) is 3.59. The van der Waals surface area contributed by atoms with E-state index in [1.165, 1.54) is 0 Å². The lowest BCUT2D eigenvalue weighted by atomic mass is 9.79. The standard InChI is InChI=1S/C30H40BrN5O5/c1-7-35(8-2)27(38)17-14-19-18-10-9-11-22-25(18)20(15-23(19)34(6)16-17)26(31)36(22)28(39)21(12-13-24(32)37)33-29(40)41-30(3,4)5/h9-11,14,17,21,23H,7-8,12-13,15-16H2,1-6H3,(H2,32,37)(H,33,40)/t17-,21+,23-/m1/s1. The zero-order valence-electron chi connectivity index (χ0n) is 24.6. The lowest BCUT2D eigenvalue weighted by Gasteiger charge is -2.40. The molecule has 1 aliphatic heterocycles. The summed E-state index contributed by atoms with van der Waals surface area (Å²) in [7, 11) is 2.03. The van der Waals surface area contributed by atoms with E-state index in [1.54, 1.807) is 25.3 Å². The van der Waals surface area contributed by atoms with Crippen molar-refractivity contribution in [3.63, 3.8) is 0 Å². The molecule has 4 rings (SSSR count). The number of likely N-dealkylation sites (N-methyl/N-ethyl adjacent to an activating group) is 1. The van der Waals surface area contributed by atoms with E-state index in [4.69, 9.17) is 10.5 Å². The highest BCUT2D eigenvalue weighted by Crippen LogP contribution is 2.45. The van der Waals surface area contributed by atoms with E-state index < -0.39 is 29.6 Å². The molecule has 41 heavy (non-hydrogen) atoms. The Morgan fingerprint density at radius 2 is 1.88 bits per heavy atom. The van der Waals surface area contributed by atoms with E-state index >= 15 is 0 Å². The van der Waals surface area contributed by atoms with Crippen LogP contribution < -0.4 is 11.1 Å². The number of fused-ring (bicyclic) bond motifs is 2. The molecule has 0 spiro atoms. The van der Waals surface area contributed by atoms with Gasteiger partial charge < -0.3 is 20.7 Å². The van der Waals surface area contributed by atoms with Crippen LogP contribution in [0.15, 0.2) is 28.9 Å². The van der Waals surface area contributed by atoms with Crippen LogP contribution in [-0.4, -0.2) is 82.5 Å². The number of nitrogens with two attached hydrogens (primary N) is 1. The van der Waals surface area contributed by atoms with Gasteiger partial charge in [-0.25, -0.2) is 4.79 Å². The number of nitrogens with zero attached hydrogens (tertiary/aromatic N) is 3. The van der Waals surface area contributed by atoms with Crippen LogP contribution in [0, 0.1) is 5.92 Å². The van der Waals surface area contributed by atoms with Crippen molar-refractivity contribution in [3.8, 4) is 0 Å². The second kappa shape index (κ2) is 12.0. The van der Waals surface area contributed by atoms with Crippen molar-refractivity contribution >= 4 is 56.2 Å². The summed E-state index contributed by atoms with van der Waals surface area (Å²) < 4.78 is 7.56. The van der Waals surface area contributed by atoms with Gasteiger partial charge in [0.05, 0.1) is 16.0 Å². The van der Waals surface area contributed by atoms with Crippen LogP contribution in [0.4, 0.5) is 4.79 Å². The smallest absolute Gasteiger partial charge is 0.408 e. The number of alkyl carbamates (subject to hydrolysis) is 1. The Labute approximate surface area is 249 Å². The molecule has 2 aliphatic rings. The molecule has 10 nitrogen and oxygen atoms in total. The van der Waals surface area contributed by atoms with Gasteiger partial charge in [-0.2, -0.15) is 0 Å². The number of carbonyl (C=O) groups excluding carboxylic acids is 4. The summed E-state index contributed by atoms with van der Waals surface area (Å²) in [5.41, 5.74) is 8.36. The van der Waals surface area contributed by atoms with Gasteiger partial charge in [0.25, 0.3) is 5.91 Å². The first-order chi connectivity index (χ1) is 19.3. The fourth-order valence-corrected chi connectivity index (χ4v) is 6.61. The Morgan fingerprint density at radius 1 is 1.20 bits per heavy atom. The molecule has 222 valence electrons. The molecule has 1 aliphatic carbocycles. The quantitative estimate of drug-likeness (QED) is 0.455. The number of hydrogen-bond acceptors (Lipinski definition) is 6. The first-order valence-electron chi connectivity index (χ1n) is 14.1. The van der Waals surface area contributed by atoms with Gasteiger partial charge in [-0.05, 0) is 93.2 Å². The Bertz CT molecular complexity index is 1400. The Kier molecular flexibility index (Phi) is 8.98. The molecule has 0 fully saturated rings. The minimum Gasteiger partial charge on any atom is -0.444 e. The number of halogens is 1. The Balaban J connectivity index is 1.78. The monoisotopic (exact) mass is 629 g/mol. The van der Waals surface area contributed by atoms with Gasteiger partial charge >= 0.3 is 6.09 Å². The van der Waals surface area contributed by atoms with Gasteiger partial charge in [0.2, 0.25) is 11.8 Å². The summed E-state index contributed by atoms with van der Waals surface area (Å²) in [6.45, 7) is 11.1. The van der Waals surface area contributed by atoms with Crippen LogP contribution in [-0.2, 0) is 20.7 Å². The summed E-state index contributed by atoms with van der Waals surface area (Å²) in [6.07, 6.45) is 1.95. The Hall–Kier alpha value is -3.18. The number of ether oxygens (including phenoxy) is 1. The maximum absolute atomic E-state index is 14.1. The van der Waals surface area contributed by atoms with Gasteiger partial charge in [-0.3, -0.25) is 23.9 Å². The third-order valence-corrected chi connectivity index (χ3v) is 8.61. The van der Waals surface area contributed by atoms with Crippen molar-refractivity contribution in [1.29, 1.82) is 0 Å². The van der Waals surface area contributed by atoms with Crippen molar-refractivity contribution < 1.29 is 23.9 Å². The van der Waals surface area contributed by atoms with Crippen LogP contribution in [0.1, 0.15) is 63.4 Å². The fourth-order valence-electron chi connectivity index (χ4n) is 5.88. The first kappa shape index (κ1) is 30.8. The number of rotatable bonds is 8. The van der Waals surface area contributed by atoms with Gasteiger partial charge in [0, 0.05) is 37.5 Å². The van der Waals surface area contributed by atoms with Gasteiger partial charge in [0.1, 0.15) is 11.6 Å². The summed E-state index contributed by atoms with van der Waals surface area (Å²) >= 11 is 3.70. The lowest BCUT2D eigenvalue weighted by molar-refractivity contribution is -0.134. The molecule has 11 heteroatoms. The third kappa shape index (κ3) is 6.21. The van der Waals surface area contributed by atoms with E-state index in [1.807, 2.05) is 44.0 Å². The van der Waals surface area contributed by atoms with Crippen molar-refractivity contribution in [2.24, 2.45) is 11.7 Å². The maximum Gasteiger partial charge on any atom is 0.408 e. The molecule has 3 amide bonds. The van der Waals surface area contributed by atoms with Crippen LogP contribution >= 0.6 is 15.9 Å². The number of aromatic nitrogens is 1. The molecule has 0 unspecified atom stereocenters. The minimum atomic E-state index is -1.04. The number of benzene rings is 1. The average molecular weight is 631 g/mol. The zero-order chi connectivity index (χ0) is 30.2.